The fourth-order valence-corrected chi connectivity index (χ4v) is 13.8. The van der Waals surface area contributed by atoms with Crippen LogP contribution in [0.15, 0.2) is 54.9 Å². The van der Waals surface area contributed by atoms with Crippen LogP contribution >= 0.6 is 0 Å². The quantitative estimate of drug-likeness (QED) is 0.101. The lowest BCUT2D eigenvalue weighted by atomic mass is 9.44. The highest BCUT2D eigenvalue weighted by molar-refractivity contribution is 6.25. The zero-order valence-electron chi connectivity index (χ0n) is 37.9. The largest absolute Gasteiger partial charge is 0.382 e. The van der Waals surface area contributed by atoms with Gasteiger partial charge in [-0.05, 0) is 166 Å². The number of rotatable bonds is 17. The third kappa shape index (κ3) is 8.59. The summed E-state index contributed by atoms with van der Waals surface area (Å²) in [5.41, 5.74) is 3.52. The average molecular weight is 860 g/mol. The Morgan fingerprint density at radius 3 is 2.48 bits per heavy atom. The second-order valence-corrected chi connectivity index (χ2v) is 20.5. The van der Waals surface area contributed by atoms with E-state index in [1.807, 2.05) is 12.4 Å². The number of piperidine rings is 1. The normalized spacial score (nSPS) is 31.5. The van der Waals surface area contributed by atoms with Crippen molar-refractivity contribution >= 4 is 40.1 Å². The van der Waals surface area contributed by atoms with Gasteiger partial charge in [0.05, 0.1) is 30.9 Å². The van der Waals surface area contributed by atoms with Crippen molar-refractivity contribution in [1.82, 2.24) is 20.1 Å². The Labute approximate surface area is 373 Å². The van der Waals surface area contributed by atoms with Crippen molar-refractivity contribution in [3.8, 4) is 0 Å². The average Bonchev–Trinajstić information content (AvgIpc) is 3.77. The van der Waals surface area contributed by atoms with Crippen LogP contribution in [0.1, 0.15) is 142 Å². The molecule has 6 aliphatic rings. The van der Waals surface area contributed by atoms with Gasteiger partial charge in [0, 0.05) is 49.1 Å². The molecule has 2 aromatic carbocycles. The number of carbonyl (C=O) groups is 4. The van der Waals surface area contributed by atoms with Gasteiger partial charge in [0.1, 0.15) is 6.04 Å². The van der Waals surface area contributed by atoms with Crippen LogP contribution in [0.3, 0.4) is 0 Å². The van der Waals surface area contributed by atoms with E-state index in [0.717, 1.165) is 47.6 Å². The molecule has 9 atom stereocenters. The molecule has 4 saturated carbocycles. The molecule has 3 heterocycles. The van der Waals surface area contributed by atoms with Crippen LogP contribution in [0.4, 0.5) is 5.69 Å². The van der Waals surface area contributed by atoms with E-state index in [2.05, 4.69) is 65.7 Å². The summed E-state index contributed by atoms with van der Waals surface area (Å²) in [7, 11) is 2.38. The van der Waals surface area contributed by atoms with Gasteiger partial charge in [-0.3, -0.25) is 34.4 Å². The van der Waals surface area contributed by atoms with Gasteiger partial charge in [0.15, 0.2) is 0 Å². The summed E-state index contributed by atoms with van der Waals surface area (Å²) in [6.45, 7) is 9.18. The third-order valence-corrected chi connectivity index (χ3v) is 17.3. The molecule has 3 aromatic rings. The Hall–Kier alpha value is -4.19. The Bertz CT molecular complexity index is 2180. The maximum atomic E-state index is 13.3. The molecule has 11 heteroatoms. The zero-order chi connectivity index (χ0) is 43.7. The molecule has 0 radical (unpaired) electrons. The number of fused-ring (bicyclic) bond motifs is 7. The standard InChI is InChI=1S/C52H69N5O6/c1-51-22-19-38(32-37(51)13-14-39-42-16-15-41(52(42,2)23-20-43(39)51)35-12-11-34-21-24-53-33-36(34)31-35)56(3)26-6-4-5-7-27-62-29-30-63-28-25-54-44-10-8-9-40-47(44)50(61)57(49(40)60)45-17-18-46(58)55-48(45)59/h8-12,21,24,31,33,37-39,41-43,45,54H,4-7,13-20,22-23,25-30,32H2,1-3H3,(H,55,58,59)/t37?,38-,39-,41+,42-,43?,45?,51-,52+/m0/s1. The number of pyridine rings is 1. The van der Waals surface area contributed by atoms with Gasteiger partial charge in [-0.1, -0.05) is 44.9 Å². The number of nitrogens with one attached hydrogen (secondary N) is 2. The van der Waals surface area contributed by atoms with Gasteiger partial charge in [0.25, 0.3) is 11.8 Å². The fraction of sp³-hybridized carbons (Fsp3) is 0.635. The van der Waals surface area contributed by atoms with Crippen LogP contribution in [0.5, 0.6) is 0 Å². The summed E-state index contributed by atoms with van der Waals surface area (Å²) in [5.74, 6) is 2.17. The van der Waals surface area contributed by atoms with E-state index in [1.165, 1.54) is 94.4 Å². The summed E-state index contributed by atoms with van der Waals surface area (Å²) in [6.07, 6.45) is 21.5. The number of imide groups is 2. The maximum Gasteiger partial charge on any atom is 0.264 e. The molecule has 2 N–H and O–H groups in total. The van der Waals surface area contributed by atoms with Gasteiger partial charge in [0.2, 0.25) is 11.8 Å². The topological polar surface area (TPSA) is 130 Å². The molecule has 1 aromatic heterocycles. The van der Waals surface area contributed by atoms with E-state index in [1.54, 1.807) is 23.8 Å². The van der Waals surface area contributed by atoms with Crippen LogP contribution in [-0.2, 0) is 19.1 Å². The highest BCUT2D eigenvalue weighted by atomic mass is 16.5. The van der Waals surface area contributed by atoms with Crippen molar-refractivity contribution in [1.29, 1.82) is 0 Å². The van der Waals surface area contributed by atoms with Crippen molar-refractivity contribution in [3.05, 3.63) is 71.5 Å². The minimum absolute atomic E-state index is 0.0876. The minimum atomic E-state index is -0.987. The van der Waals surface area contributed by atoms with E-state index in [4.69, 9.17) is 9.47 Å². The van der Waals surface area contributed by atoms with Gasteiger partial charge in [-0.2, -0.15) is 0 Å². The Morgan fingerprint density at radius 1 is 0.810 bits per heavy atom. The lowest BCUT2D eigenvalue weighted by Gasteiger charge is -2.61. The van der Waals surface area contributed by atoms with Gasteiger partial charge in [-0.15, -0.1) is 0 Å². The Kier molecular flexibility index (Phi) is 13.1. The minimum Gasteiger partial charge on any atom is -0.382 e. The first kappa shape index (κ1) is 44.0. The van der Waals surface area contributed by atoms with Crippen molar-refractivity contribution < 1.29 is 28.7 Å². The number of anilines is 1. The number of hydrogen-bond acceptors (Lipinski definition) is 9. The monoisotopic (exact) mass is 860 g/mol. The molecule has 338 valence electrons. The van der Waals surface area contributed by atoms with Crippen LogP contribution < -0.4 is 10.6 Å². The number of amides is 4. The Balaban J connectivity index is 0.634. The molecule has 0 bridgehead atoms. The third-order valence-electron chi connectivity index (χ3n) is 17.3. The number of aromatic nitrogens is 1. The number of carbonyl (C=O) groups excluding carboxylic acids is 4. The summed E-state index contributed by atoms with van der Waals surface area (Å²) in [4.78, 5) is 58.5. The second kappa shape index (κ2) is 18.7. The van der Waals surface area contributed by atoms with Crippen LogP contribution in [0.25, 0.3) is 10.8 Å². The van der Waals surface area contributed by atoms with Crippen LogP contribution in [0.2, 0.25) is 0 Å². The first-order valence-corrected chi connectivity index (χ1v) is 24.3. The number of unbranched alkanes of at least 4 members (excludes halogenated alkanes) is 3. The molecule has 4 aliphatic carbocycles. The number of hydrogen-bond donors (Lipinski definition) is 2. The summed E-state index contributed by atoms with van der Waals surface area (Å²) in [5, 5.41) is 8.04. The Morgan fingerprint density at radius 2 is 1.62 bits per heavy atom. The van der Waals surface area contributed by atoms with E-state index in [-0.39, 0.29) is 24.0 Å². The maximum absolute atomic E-state index is 13.3. The van der Waals surface area contributed by atoms with Gasteiger partial charge < -0.3 is 19.7 Å². The molecule has 2 aliphatic heterocycles. The van der Waals surface area contributed by atoms with Crippen LogP contribution in [0, 0.1) is 34.5 Å². The molecule has 1 saturated heterocycles. The second-order valence-electron chi connectivity index (χ2n) is 20.5. The zero-order valence-corrected chi connectivity index (χ0v) is 37.9. The predicted molar refractivity (Wildman–Crippen MR) is 244 cm³/mol. The van der Waals surface area contributed by atoms with E-state index in [9.17, 15) is 19.2 Å². The van der Waals surface area contributed by atoms with Crippen molar-refractivity contribution in [3.63, 3.8) is 0 Å². The first-order valence-electron chi connectivity index (χ1n) is 24.3. The van der Waals surface area contributed by atoms with Crippen molar-refractivity contribution in [2.45, 2.75) is 128 Å². The van der Waals surface area contributed by atoms with Gasteiger partial charge in [-0.25, -0.2) is 0 Å². The molecule has 5 fully saturated rings. The number of nitrogens with zero attached hydrogens (tertiary/aromatic N) is 3. The lowest BCUT2D eigenvalue weighted by Crippen LogP contribution is -2.55. The highest BCUT2D eigenvalue weighted by Gasteiger charge is 2.60. The molecule has 9 rings (SSSR count). The van der Waals surface area contributed by atoms with Crippen LogP contribution in [-0.4, -0.2) is 97.1 Å². The molecular formula is C52H69N5O6. The fourth-order valence-electron chi connectivity index (χ4n) is 13.8. The molecule has 63 heavy (non-hydrogen) atoms. The van der Waals surface area contributed by atoms with Crippen molar-refractivity contribution in [2.24, 2.45) is 34.5 Å². The van der Waals surface area contributed by atoms with E-state index < -0.39 is 29.7 Å². The summed E-state index contributed by atoms with van der Waals surface area (Å²) in [6, 6.07) is 14.1. The molecule has 11 nitrogen and oxygen atoms in total. The summed E-state index contributed by atoms with van der Waals surface area (Å²) < 4.78 is 11.6. The molecular weight excluding hydrogens is 791 g/mol. The number of ether oxygens (including phenoxy) is 2. The molecule has 0 spiro atoms. The SMILES string of the molecule is CN(CCCCCCOCCOCCNc1cccc2c1C(=O)N(C1CCC(=O)NC1=O)C2=O)[C@H]1CC[C@@]2(C)C(CC[C@@H]3C2CC[C@]2(C)[C@@H](c4ccc5ccncc5c4)CC[C@@H]32)C1. The molecule has 4 amide bonds. The van der Waals surface area contributed by atoms with E-state index in [0.29, 0.717) is 48.8 Å². The smallest absolute Gasteiger partial charge is 0.264 e. The van der Waals surface area contributed by atoms with Gasteiger partial charge >= 0.3 is 0 Å². The lowest BCUT2D eigenvalue weighted by molar-refractivity contribution is -0.136. The van der Waals surface area contributed by atoms with E-state index >= 15 is 0 Å². The first-order chi connectivity index (χ1) is 30.6. The number of benzene rings is 2. The molecule has 3 unspecified atom stereocenters. The highest BCUT2D eigenvalue weighted by Crippen LogP contribution is 2.69. The summed E-state index contributed by atoms with van der Waals surface area (Å²) >= 11 is 0. The predicted octanol–water partition coefficient (Wildman–Crippen LogP) is 8.77. The van der Waals surface area contributed by atoms with Crippen molar-refractivity contribution in [2.75, 3.05) is 51.9 Å².